The summed E-state index contributed by atoms with van der Waals surface area (Å²) in [7, 11) is 3.04. The third-order valence-corrected chi connectivity index (χ3v) is 2.85. The Kier molecular flexibility index (Phi) is 3.71. The van der Waals surface area contributed by atoms with Crippen LogP contribution in [0.25, 0.3) is 11.1 Å². The lowest BCUT2D eigenvalue weighted by atomic mass is 10.0. The van der Waals surface area contributed by atoms with Crippen molar-refractivity contribution in [3.8, 4) is 22.6 Å². The lowest BCUT2D eigenvalue weighted by molar-refractivity contribution is 0.112. The van der Waals surface area contributed by atoms with Gasteiger partial charge in [-0.2, -0.15) is 0 Å². The third-order valence-electron chi connectivity index (χ3n) is 2.85. The molecule has 0 aromatic heterocycles. The van der Waals surface area contributed by atoms with Crippen molar-refractivity contribution >= 4 is 12.0 Å². The Morgan fingerprint density at radius 1 is 1.05 bits per heavy atom. The molecular formula is C15H15NO3. The van der Waals surface area contributed by atoms with Crippen molar-refractivity contribution in [1.82, 2.24) is 0 Å². The standard InChI is InChI=1S/C15H15NO3/c1-18-14-8-11(6-12(9-17)15(14)19-2)10-4-3-5-13(16)7-10/h3-9H,16H2,1-2H3. The van der Waals surface area contributed by atoms with Crippen LogP contribution in [-0.2, 0) is 0 Å². The summed E-state index contributed by atoms with van der Waals surface area (Å²) in [5.41, 5.74) is 8.65. The molecular weight excluding hydrogens is 242 g/mol. The molecule has 2 rings (SSSR count). The molecule has 0 spiro atoms. The van der Waals surface area contributed by atoms with E-state index in [0.717, 1.165) is 17.4 Å². The molecule has 0 radical (unpaired) electrons. The van der Waals surface area contributed by atoms with Crippen molar-refractivity contribution in [1.29, 1.82) is 0 Å². The molecule has 0 saturated heterocycles. The number of benzene rings is 2. The smallest absolute Gasteiger partial charge is 0.171 e. The molecule has 0 unspecified atom stereocenters. The highest BCUT2D eigenvalue weighted by Crippen LogP contribution is 2.35. The van der Waals surface area contributed by atoms with Crippen LogP contribution in [0.5, 0.6) is 11.5 Å². The zero-order valence-corrected chi connectivity index (χ0v) is 10.8. The van der Waals surface area contributed by atoms with E-state index < -0.39 is 0 Å². The maximum Gasteiger partial charge on any atom is 0.171 e. The van der Waals surface area contributed by atoms with E-state index in [0.29, 0.717) is 22.7 Å². The van der Waals surface area contributed by atoms with Gasteiger partial charge in [-0.15, -0.1) is 0 Å². The van der Waals surface area contributed by atoms with Gasteiger partial charge < -0.3 is 15.2 Å². The summed E-state index contributed by atoms with van der Waals surface area (Å²) in [6.45, 7) is 0. The topological polar surface area (TPSA) is 61.5 Å². The second kappa shape index (κ2) is 5.44. The monoisotopic (exact) mass is 257 g/mol. The van der Waals surface area contributed by atoms with Gasteiger partial charge in [0.25, 0.3) is 0 Å². The Morgan fingerprint density at radius 3 is 2.42 bits per heavy atom. The first-order chi connectivity index (χ1) is 9.19. The molecule has 4 heteroatoms. The van der Waals surface area contributed by atoms with Crippen LogP contribution in [0.4, 0.5) is 5.69 Å². The van der Waals surface area contributed by atoms with Gasteiger partial charge in [0.1, 0.15) is 0 Å². The van der Waals surface area contributed by atoms with E-state index in [1.807, 2.05) is 30.3 Å². The van der Waals surface area contributed by atoms with Gasteiger partial charge in [-0.05, 0) is 35.4 Å². The minimum Gasteiger partial charge on any atom is -0.493 e. The van der Waals surface area contributed by atoms with E-state index in [1.54, 1.807) is 6.07 Å². The highest BCUT2D eigenvalue weighted by atomic mass is 16.5. The zero-order chi connectivity index (χ0) is 13.8. The maximum atomic E-state index is 11.1. The lowest BCUT2D eigenvalue weighted by Crippen LogP contribution is -1.96. The van der Waals surface area contributed by atoms with Gasteiger partial charge in [0.05, 0.1) is 19.8 Å². The minimum atomic E-state index is 0.435. The van der Waals surface area contributed by atoms with Crippen molar-refractivity contribution in [3.05, 3.63) is 42.0 Å². The molecule has 2 N–H and O–H groups in total. The summed E-state index contributed by atoms with van der Waals surface area (Å²) in [5, 5.41) is 0. The second-order valence-electron chi connectivity index (χ2n) is 4.04. The molecule has 0 aliphatic carbocycles. The van der Waals surface area contributed by atoms with Crippen LogP contribution in [0.3, 0.4) is 0 Å². The minimum absolute atomic E-state index is 0.435. The van der Waals surface area contributed by atoms with Crippen LogP contribution < -0.4 is 15.2 Å². The molecule has 0 aliphatic rings. The number of aldehydes is 1. The fraction of sp³-hybridized carbons (Fsp3) is 0.133. The van der Waals surface area contributed by atoms with E-state index in [4.69, 9.17) is 15.2 Å². The average molecular weight is 257 g/mol. The van der Waals surface area contributed by atoms with Crippen molar-refractivity contribution in [2.45, 2.75) is 0 Å². The van der Waals surface area contributed by atoms with Gasteiger partial charge in [0, 0.05) is 5.69 Å². The highest BCUT2D eigenvalue weighted by molar-refractivity contribution is 5.85. The molecule has 2 aromatic rings. The van der Waals surface area contributed by atoms with Crippen molar-refractivity contribution in [2.75, 3.05) is 20.0 Å². The molecule has 0 saturated carbocycles. The van der Waals surface area contributed by atoms with Crippen LogP contribution in [0.2, 0.25) is 0 Å². The molecule has 0 fully saturated rings. The Labute approximate surface area is 111 Å². The molecule has 0 bridgehead atoms. The Bertz CT molecular complexity index is 608. The van der Waals surface area contributed by atoms with Gasteiger partial charge >= 0.3 is 0 Å². The number of nitrogen functional groups attached to an aromatic ring is 1. The fourth-order valence-corrected chi connectivity index (χ4v) is 1.97. The summed E-state index contributed by atoms with van der Waals surface area (Å²) in [5.74, 6) is 0.953. The number of methoxy groups -OCH3 is 2. The van der Waals surface area contributed by atoms with E-state index in [9.17, 15) is 4.79 Å². The number of hydrogen-bond acceptors (Lipinski definition) is 4. The first-order valence-corrected chi connectivity index (χ1v) is 5.76. The fourth-order valence-electron chi connectivity index (χ4n) is 1.97. The summed E-state index contributed by atoms with van der Waals surface area (Å²) in [4.78, 5) is 11.1. The van der Waals surface area contributed by atoms with Crippen molar-refractivity contribution in [2.24, 2.45) is 0 Å². The number of carbonyl (C=O) groups excluding carboxylic acids is 1. The van der Waals surface area contributed by atoms with Gasteiger partial charge in [-0.1, -0.05) is 12.1 Å². The zero-order valence-electron chi connectivity index (χ0n) is 10.8. The normalized spacial score (nSPS) is 10.0. The van der Waals surface area contributed by atoms with Gasteiger partial charge in [0.15, 0.2) is 17.8 Å². The molecule has 19 heavy (non-hydrogen) atoms. The van der Waals surface area contributed by atoms with E-state index in [-0.39, 0.29) is 0 Å². The number of nitrogens with two attached hydrogens (primary N) is 1. The van der Waals surface area contributed by atoms with Crippen LogP contribution >= 0.6 is 0 Å². The number of hydrogen-bond donors (Lipinski definition) is 1. The molecule has 4 nitrogen and oxygen atoms in total. The molecule has 98 valence electrons. The SMILES string of the molecule is COc1cc(-c2cccc(N)c2)cc(C=O)c1OC. The van der Waals surface area contributed by atoms with Crippen LogP contribution in [-0.4, -0.2) is 20.5 Å². The van der Waals surface area contributed by atoms with E-state index in [1.165, 1.54) is 14.2 Å². The third kappa shape index (κ3) is 2.52. The average Bonchev–Trinajstić information content (AvgIpc) is 2.45. The molecule has 0 aliphatic heterocycles. The predicted octanol–water partition coefficient (Wildman–Crippen LogP) is 2.77. The van der Waals surface area contributed by atoms with Crippen LogP contribution in [0.15, 0.2) is 36.4 Å². The summed E-state index contributed by atoms with van der Waals surface area (Å²) >= 11 is 0. The molecule has 0 amide bonds. The van der Waals surface area contributed by atoms with Crippen molar-refractivity contribution < 1.29 is 14.3 Å². The van der Waals surface area contributed by atoms with Gasteiger partial charge in [-0.3, -0.25) is 4.79 Å². The lowest BCUT2D eigenvalue weighted by Gasteiger charge is -2.12. The maximum absolute atomic E-state index is 11.1. The molecule has 0 atom stereocenters. The summed E-state index contributed by atoms with van der Waals surface area (Å²) in [6.07, 6.45) is 0.747. The number of carbonyl (C=O) groups is 1. The largest absolute Gasteiger partial charge is 0.493 e. The van der Waals surface area contributed by atoms with Gasteiger partial charge in [-0.25, -0.2) is 0 Å². The van der Waals surface area contributed by atoms with E-state index in [2.05, 4.69) is 0 Å². The first-order valence-electron chi connectivity index (χ1n) is 5.76. The van der Waals surface area contributed by atoms with Crippen LogP contribution in [0, 0.1) is 0 Å². The quantitative estimate of drug-likeness (QED) is 0.675. The summed E-state index contributed by atoms with van der Waals surface area (Å²) < 4.78 is 10.4. The Hall–Kier alpha value is -2.49. The first kappa shape index (κ1) is 13.0. The Morgan fingerprint density at radius 2 is 1.84 bits per heavy atom. The highest BCUT2D eigenvalue weighted by Gasteiger charge is 2.12. The Balaban J connectivity index is 2.62. The second-order valence-corrected chi connectivity index (χ2v) is 4.04. The van der Waals surface area contributed by atoms with Crippen LogP contribution in [0.1, 0.15) is 10.4 Å². The molecule has 0 heterocycles. The summed E-state index contributed by atoms with van der Waals surface area (Å²) in [6, 6.07) is 11.0. The molecule has 2 aromatic carbocycles. The number of ether oxygens (including phenoxy) is 2. The number of anilines is 1. The number of rotatable bonds is 4. The van der Waals surface area contributed by atoms with Gasteiger partial charge in [0.2, 0.25) is 0 Å². The predicted molar refractivity (Wildman–Crippen MR) is 74.8 cm³/mol. The van der Waals surface area contributed by atoms with E-state index >= 15 is 0 Å². The van der Waals surface area contributed by atoms with Crippen molar-refractivity contribution in [3.63, 3.8) is 0 Å².